The van der Waals surface area contributed by atoms with Crippen LogP contribution < -0.4 is 11.1 Å². The third-order valence-electron chi connectivity index (χ3n) is 4.65. The van der Waals surface area contributed by atoms with E-state index < -0.39 is 11.9 Å². The second-order valence-corrected chi connectivity index (χ2v) is 8.28. The van der Waals surface area contributed by atoms with Gasteiger partial charge in [-0.05, 0) is 42.5 Å². The number of aromatic nitrogens is 2. The number of primary amides is 1. The Balaban J connectivity index is 2.00. The molecular weight excluding hydrogens is 498 g/mol. The topological polar surface area (TPSA) is 110 Å². The number of nitrogens with zero attached hydrogens (tertiary/aromatic N) is 2. The first-order valence-corrected chi connectivity index (χ1v) is 10.4. The number of amides is 1. The maximum Gasteiger partial charge on any atom is 0.337 e. The van der Waals surface area contributed by atoms with Crippen LogP contribution in [0.15, 0.2) is 48.5 Å². The Morgan fingerprint density at radius 2 is 1.62 bits per heavy atom. The average Bonchev–Trinajstić information content (AvgIpc) is 3.06. The first kappa shape index (κ1) is 22.2. The molecule has 0 radical (unpaired) electrons. The Morgan fingerprint density at radius 3 is 2.22 bits per heavy atom. The van der Waals surface area contributed by atoms with Gasteiger partial charge in [-0.25, -0.2) is 9.78 Å². The molecule has 162 valence electrons. The number of carbonyl (C=O) groups excluding carboxylic acids is 1. The van der Waals surface area contributed by atoms with Gasteiger partial charge in [-0.15, -0.1) is 0 Å². The highest BCUT2D eigenvalue weighted by atomic mass is 35.5. The third kappa shape index (κ3) is 3.96. The highest BCUT2D eigenvalue weighted by Gasteiger charge is 2.21. The van der Waals surface area contributed by atoms with Crippen LogP contribution in [0.5, 0.6) is 0 Å². The van der Waals surface area contributed by atoms with Crippen molar-refractivity contribution in [2.45, 2.75) is 0 Å². The van der Waals surface area contributed by atoms with Crippen molar-refractivity contribution in [2.75, 3.05) is 5.32 Å². The minimum Gasteiger partial charge on any atom is -0.478 e. The molecule has 0 aliphatic rings. The van der Waals surface area contributed by atoms with Crippen LogP contribution in [0.3, 0.4) is 0 Å². The predicted octanol–water partition coefficient (Wildman–Crippen LogP) is 6.18. The molecule has 0 atom stereocenters. The molecule has 3 aromatic carbocycles. The fourth-order valence-electron chi connectivity index (χ4n) is 3.16. The summed E-state index contributed by atoms with van der Waals surface area (Å²) in [4.78, 5) is 27.6. The molecule has 0 aliphatic heterocycles. The largest absolute Gasteiger partial charge is 0.478 e. The third-order valence-corrected chi connectivity index (χ3v) is 5.89. The van der Waals surface area contributed by atoms with Crippen LogP contribution in [0.1, 0.15) is 20.7 Å². The molecule has 0 fully saturated rings. The van der Waals surface area contributed by atoms with Gasteiger partial charge in [-0.2, -0.15) is 0 Å². The number of aromatic carboxylic acids is 1. The Labute approximate surface area is 201 Å². The number of carbonyl (C=O) groups is 2. The van der Waals surface area contributed by atoms with Crippen LogP contribution in [0.25, 0.3) is 16.7 Å². The van der Waals surface area contributed by atoms with Crippen LogP contribution in [0.4, 0.5) is 11.6 Å². The summed E-state index contributed by atoms with van der Waals surface area (Å²) in [5.74, 6) is -1.59. The second kappa shape index (κ2) is 8.52. The van der Waals surface area contributed by atoms with E-state index >= 15 is 0 Å². The lowest BCUT2D eigenvalue weighted by atomic mass is 10.1. The van der Waals surface area contributed by atoms with Crippen molar-refractivity contribution in [1.29, 1.82) is 0 Å². The summed E-state index contributed by atoms with van der Waals surface area (Å²) in [6.07, 6.45) is 0. The Hall–Kier alpha value is -2.97. The Bertz CT molecular complexity index is 1400. The maximum absolute atomic E-state index is 11.5. The summed E-state index contributed by atoms with van der Waals surface area (Å²) < 4.78 is 1.61. The molecule has 11 heteroatoms. The van der Waals surface area contributed by atoms with E-state index in [1.807, 2.05) is 0 Å². The molecule has 0 aliphatic carbocycles. The van der Waals surface area contributed by atoms with E-state index in [0.29, 0.717) is 32.5 Å². The molecule has 0 unspecified atom stereocenters. The number of para-hydroxylation sites is 1. The van der Waals surface area contributed by atoms with Crippen LogP contribution in [0.2, 0.25) is 20.1 Å². The lowest BCUT2D eigenvalue weighted by Crippen LogP contribution is -2.11. The normalized spacial score (nSPS) is 11.0. The monoisotopic (exact) mass is 508 g/mol. The Kier molecular flexibility index (Phi) is 5.92. The molecule has 1 aromatic heterocycles. The Morgan fingerprint density at radius 1 is 0.938 bits per heavy atom. The average molecular weight is 510 g/mol. The van der Waals surface area contributed by atoms with Gasteiger partial charge < -0.3 is 16.2 Å². The van der Waals surface area contributed by atoms with Crippen molar-refractivity contribution in [3.05, 3.63) is 79.7 Å². The van der Waals surface area contributed by atoms with E-state index in [2.05, 4.69) is 10.3 Å². The van der Waals surface area contributed by atoms with Crippen LogP contribution in [-0.2, 0) is 0 Å². The summed E-state index contributed by atoms with van der Waals surface area (Å²) in [5.41, 5.74) is 7.06. The van der Waals surface area contributed by atoms with Gasteiger partial charge in [0.25, 0.3) is 0 Å². The quantitative estimate of drug-likeness (QED) is 0.297. The molecule has 0 saturated carbocycles. The van der Waals surface area contributed by atoms with E-state index in [-0.39, 0.29) is 27.1 Å². The van der Waals surface area contributed by atoms with E-state index in [4.69, 9.17) is 52.1 Å². The molecule has 4 aromatic rings. The second-order valence-electron chi connectivity index (χ2n) is 6.65. The molecule has 0 spiro atoms. The summed E-state index contributed by atoms with van der Waals surface area (Å²) in [5, 5.41) is 13.4. The molecule has 1 amide bonds. The fraction of sp³-hybridized carbons (Fsp3) is 0. The maximum atomic E-state index is 11.5. The SMILES string of the molecule is NC(=O)c1ccc(-n2c(Nc3c(Cl)cccc3Cl)nc3cc(C(=O)O)c(Cl)cc32)c(Cl)c1. The summed E-state index contributed by atoms with van der Waals surface area (Å²) in [6.45, 7) is 0. The minimum absolute atomic E-state index is 0.0124. The van der Waals surface area contributed by atoms with Gasteiger partial charge in [-0.1, -0.05) is 52.5 Å². The number of nitrogens with one attached hydrogen (secondary N) is 1. The number of nitrogens with two attached hydrogens (primary N) is 1. The minimum atomic E-state index is -1.20. The number of hydrogen-bond acceptors (Lipinski definition) is 4. The predicted molar refractivity (Wildman–Crippen MR) is 126 cm³/mol. The summed E-state index contributed by atoms with van der Waals surface area (Å²) in [6, 6.07) is 12.3. The van der Waals surface area contributed by atoms with Crippen molar-refractivity contribution >= 4 is 80.9 Å². The van der Waals surface area contributed by atoms with Gasteiger partial charge in [-0.3, -0.25) is 9.36 Å². The van der Waals surface area contributed by atoms with Crippen molar-refractivity contribution in [3.63, 3.8) is 0 Å². The number of rotatable bonds is 5. The van der Waals surface area contributed by atoms with Crippen molar-refractivity contribution in [1.82, 2.24) is 9.55 Å². The molecule has 1 heterocycles. The van der Waals surface area contributed by atoms with E-state index in [0.717, 1.165) is 0 Å². The smallest absolute Gasteiger partial charge is 0.337 e. The number of imidazole rings is 1. The van der Waals surface area contributed by atoms with Gasteiger partial charge in [0.2, 0.25) is 11.9 Å². The number of hydrogen-bond donors (Lipinski definition) is 3. The zero-order valence-corrected chi connectivity index (χ0v) is 18.9. The molecule has 7 nitrogen and oxygen atoms in total. The fourth-order valence-corrected chi connectivity index (χ4v) is 4.16. The first-order valence-electron chi connectivity index (χ1n) is 8.93. The summed E-state index contributed by atoms with van der Waals surface area (Å²) in [7, 11) is 0. The molecule has 0 saturated heterocycles. The number of halogens is 4. The van der Waals surface area contributed by atoms with E-state index in [1.54, 1.807) is 28.8 Å². The molecule has 4 N–H and O–H groups in total. The van der Waals surface area contributed by atoms with Crippen LogP contribution in [0, 0.1) is 0 Å². The number of anilines is 2. The summed E-state index contributed by atoms with van der Waals surface area (Å²) >= 11 is 25.3. The zero-order valence-electron chi connectivity index (χ0n) is 15.9. The number of fused-ring (bicyclic) bond motifs is 1. The molecule has 4 rings (SSSR count). The number of carboxylic acids is 1. The van der Waals surface area contributed by atoms with E-state index in [1.165, 1.54) is 24.3 Å². The van der Waals surface area contributed by atoms with Gasteiger partial charge >= 0.3 is 5.97 Å². The van der Waals surface area contributed by atoms with Crippen molar-refractivity contribution < 1.29 is 14.7 Å². The van der Waals surface area contributed by atoms with Crippen molar-refractivity contribution in [2.24, 2.45) is 5.73 Å². The van der Waals surface area contributed by atoms with Gasteiger partial charge in [0.1, 0.15) is 0 Å². The number of benzene rings is 3. The van der Waals surface area contributed by atoms with Crippen LogP contribution >= 0.6 is 46.4 Å². The zero-order chi connectivity index (χ0) is 23.2. The highest BCUT2D eigenvalue weighted by Crippen LogP contribution is 2.37. The highest BCUT2D eigenvalue weighted by molar-refractivity contribution is 6.39. The lowest BCUT2D eigenvalue weighted by Gasteiger charge is -2.15. The standard InChI is InChI=1S/C21H12Cl4N4O3/c22-11-2-1-3-12(23)18(11)28-21-27-15-7-10(20(31)32)13(24)8-17(15)29(21)16-5-4-9(19(26)30)6-14(16)25/h1-8H,(H2,26,30)(H,27,28)(H,31,32). The molecule has 0 bridgehead atoms. The van der Waals surface area contributed by atoms with Crippen molar-refractivity contribution in [3.8, 4) is 5.69 Å². The lowest BCUT2D eigenvalue weighted by molar-refractivity contribution is 0.0697. The van der Waals surface area contributed by atoms with Gasteiger partial charge in [0.05, 0.1) is 48.1 Å². The molecule has 32 heavy (non-hydrogen) atoms. The first-order chi connectivity index (χ1) is 15.2. The van der Waals surface area contributed by atoms with Crippen LogP contribution in [-0.4, -0.2) is 26.5 Å². The van der Waals surface area contributed by atoms with E-state index in [9.17, 15) is 14.7 Å². The van der Waals surface area contributed by atoms with Gasteiger partial charge in [0.15, 0.2) is 0 Å². The molecular formula is C21H12Cl4N4O3. The number of carboxylic acid groups (broad SMARTS) is 1. The van der Waals surface area contributed by atoms with Gasteiger partial charge in [0, 0.05) is 5.56 Å².